The standard InChI is InChI=1S/C6H11O7P.C6H6/c7-5(8)2-1-4(6(9)10)3-14(11,12)13;1-2-4-6-5-3-1/h4H,1-3H2,(H,7,8)(H,9,10)(H2,11,12,13);1-6H. The van der Waals surface area contributed by atoms with E-state index in [1.807, 2.05) is 36.4 Å². The molecule has 0 saturated carbocycles. The minimum absolute atomic E-state index is 0.282. The van der Waals surface area contributed by atoms with Gasteiger partial charge in [-0.1, -0.05) is 36.4 Å². The molecule has 0 aliphatic carbocycles. The number of hydrogen-bond donors (Lipinski definition) is 4. The second-order valence-electron chi connectivity index (χ2n) is 3.97. The summed E-state index contributed by atoms with van der Waals surface area (Å²) in [6, 6.07) is 12.0. The summed E-state index contributed by atoms with van der Waals surface area (Å²) in [6.07, 6.45) is -1.53. The van der Waals surface area contributed by atoms with Gasteiger partial charge in [0.2, 0.25) is 0 Å². The van der Waals surface area contributed by atoms with E-state index in [1.165, 1.54) is 0 Å². The van der Waals surface area contributed by atoms with Gasteiger partial charge in [-0.2, -0.15) is 0 Å². The van der Waals surface area contributed by atoms with E-state index in [4.69, 9.17) is 20.0 Å². The van der Waals surface area contributed by atoms with Gasteiger partial charge in [0, 0.05) is 6.42 Å². The lowest BCUT2D eigenvalue weighted by Crippen LogP contribution is -2.19. The third-order valence-electron chi connectivity index (χ3n) is 2.18. The molecule has 0 fully saturated rings. The lowest BCUT2D eigenvalue weighted by atomic mass is 10.1. The molecule has 0 spiro atoms. The highest BCUT2D eigenvalue weighted by atomic mass is 31.2. The van der Waals surface area contributed by atoms with E-state index in [0.29, 0.717) is 0 Å². The van der Waals surface area contributed by atoms with Gasteiger partial charge in [0.25, 0.3) is 0 Å². The van der Waals surface area contributed by atoms with Crippen LogP contribution in [0.3, 0.4) is 0 Å². The molecule has 112 valence electrons. The van der Waals surface area contributed by atoms with Crippen molar-refractivity contribution in [1.82, 2.24) is 0 Å². The van der Waals surface area contributed by atoms with Crippen LogP contribution in [0.25, 0.3) is 0 Å². The number of rotatable bonds is 6. The van der Waals surface area contributed by atoms with Crippen molar-refractivity contribution in [2.75, 3.05) is 6.16 Å². The molecule has 7 nitrogen and oxygen atoms in total. The highest BCUT2D eigenvalue weighted by Crippen LogP contribution is 2.38. The SMILES string of the molecule is O=C(O)CCC(CP(=O)(O)O)C(=O)O.c1ccccc1. The number of carboxylic acids is 2. The molecule has 0 aliphatic rings. The number of carboxylic acid groups (broad SMARTS) is 2. The molecule has 0 bridgehead atoms. The second kappa shape index (κ2) is 9.25. The van der Waals surface area contributed by atoms with Crippen LogP contribution >= 0.6 is 7.60 Å². The van der Waals surface area contributed by atoms with Gasteiger partial charge in [0.1, 0.15) is 0 Å². The summed E-state index contributed by atoms with van der Waals surface area (Å²) in [6.45, 7) is 0. The smallest absolute Gasteiger partial charge is 0.326 e. The Morgan fingerprint density at radius 3 is 1.60 bits per heavy atom. The van der Waals surface area contributed by atoms with Crippen LogP contribution in [0.15, 0.2) is 36.4 Å². The molecule has 0 amide bonds. The number of aliphatic carboxylic acids is 2. The molecule has 8 heteroatoms. The summed E-state index contributed by atoms with van der Waals surface area (Å²) < 4.78 is 10.5. The van der Waals surface area contributed by atoms with E-state index in [9.17, 15) is 14.2 Å². The molecule has 1 rings (SSSR count). The molecular formula is C12H17O7P. The average Bonchev–Trinajstić information content (AvgIpc) is 2.35. The second-order valence-corrected chi connectivity index (χ2v) is 5.66. The molecule has 1 unspecified atom stereocenters. The minimum atomic E-state index is -4.41. The van der Waals surface area contributed by atoms with Gasteiger partial charge in [-0.05, 0) is 6.42 Å². The van der Waals surface area contributed by atoms with Crippen LogP contribution in [0.5, 0.6) is 0 Å². The Morgan fingerprint density at radius 1 is 0.950 bits per heavy atom. The number of carbonyl (C=O) groups is 2. The molecule has 0 aromatic heterocycles. The van der Waals surface area contributed by atoms with Crippen molar-refractivity contribution in [2.24, 2.45) is 5.92 Å². The Labute approximate surface area is 116 Å². The minimum Gasteiger partial charge on any atom is -0.481 e. The van der Waals surface area contributed by atoms with E-state index in [1.54, 1.807) is 0 Å². The molecule has 1 aromatic carbocycles. The molecular weight excluding hydrogens is 287 g/mol. The monoisotopic (exact) mass is 304 g/mol. The van der Waals surface area contributed by atoms with Gasteiger partial charge in [-0.25, -0.2) is 0 Å². The molecule has 0 heterocycles. The third-order valence-corrected chi connectivity index (χ3v) is 3.10. The zero-order valence-corrected chi connectivity index (χ0v) is 11.5. The largest absolute Gasteiger partial charge is 0.481 e. The summed E-state index contributed by atoms with van der Waals surface area (Å²) in [5.74, 6) is -3.90. The van der Waals surface area contributed by atoms with Crippen LogP contribution in [-0.4, -0.2) is 38.1 Å². The molecule has 20 heavy (non-hydrogen) atoms. The van der Waals surface area contributed by atoms with E-state index >= 15 is 0 Å². The van der Waals surface area contributed by atoms with Crippen molar-refractivity contribution in [1.29, 1.82) is 0 Å². The quantitative estimate of drug-likeness (QED) is 0.584. The lowest BCUT2D eigenvalue weighted by molar-refractivity contribution is -0.142. The first kappa shape index (κ1) is 18.3. The third kappa shape index (κ3) is 11.4. The van der Waals surface area contributed by atoms with Crippen LogP contribution in [0.4, 0.5) is 0 Å². The van der Waals surface area contributed by atoms with E-state index < -0.39 is 38.0 Å². The van der Waals surface area contributed by atoms with Crippen LogP contribution in [0.2, 0.25) is 0 Å². The van der Waals surface area contributed by atoms with Crippen molar-refractivity contribution in [2.45, 2.75) is 12.8 Å². The highest BCUT2D eigenvalue weighted by molar-refractivity contribution is 7.51. The van der Waals surface area contributed by atoms with Crippen molar-refractivity contribution in [3.63, 3.8) is 0 Å². The predicted octanol–water partition coefficient (Wildman–Crippen LogP) is 1.42. The fourth-order valence-electron chi connectivity index (χ4n) is 1.26. The predicted molar refractivity (Wildman–Crippen MR) is 71.3 cm³/mol. The maximum Gasteiger partial charge on any atom is 0.326 e. The zero-order valence-electron chi connectivity index (χ0n) is 10.6. The summed E-state index contributed by atoms with van der Waals surface area (Å²) in [4.78, 5) is 37.6. The Hall–Kier alpha value is -1.69. The maximum absolute atomic E-state index is 10.5. The Bertz CT molecular complexity index is 427. The van der Waals surface area contributed by atoms with Gasteiger partial charge in [-0.15, -0.1) is 0 Å². The van der Waals surface area contributed by atoms with Crippen LogP contribution < -0.4 is 0 Å². The molecule has 0 aliphatic heterocycles. The average molecular weight is 304 g/mol. The summed E-state index contributed by atoms with van der Waals surface area (Å²) >= 11 is 0. The Kier molecular flexibility index (Phi) is 8.47. The van der Waals surface area contributed by atoms with Crippen molar-refractivity contribution in [3.05, 3.63) is 36.4 Å². The van der Waals surface area contributed by atoms with Gasteiger partial charge in [0.15, 0.2) is 0 Å². The molecule has 1 atom stereocenters. The molecule has 1 aromatic rings. The van der Waals surface area contributed by atoms with Crippen molar-refractivity contribution < 1.29 is 34.2 Å². The number of hydrogen-bond acceptors (Lipinski definition) is 3. The highest BCUT2D eigenvalue weighted by Gasteiger charge is 2.27. The summed E-state index contributed by atoms with van der Waals surface area (Å²) in [7, 11) is -4.41. The van der Waals surface area contributed by atoms with E-state index in [2.05, 4.69) is 0 Å². The van der Waals surface area contributed by atoms with Gasteiger partial charge >= 0.3 is 19.5 Å². The normalized spacial score (nSPS) is 11.9. The Balaban J connectivity index is 0.000000493. The van der Waals surface area contributed by atoms with Crippen molar-refractivity contribution in [3.8, 4) is 0 Å². The fraction of sp³-hybridized carbons (Fsp3) is 0.333. The lowest BCUT2D eigenvalue weighted by Gasteiger charge is -2.11. The van der Waals surface area contributed by atoms with Crippen LogP contribution in [0, 0.1) is 5.92 Å². The first-order chi connectivity index (χ1) is 9.22. The Morgan fingerprint density at radius 2 is 1.35 bits per heavy atom. The fourth-order valence-corrected chi connectivity index (χ4v) is 2.18. The molecule has 4 N–H and O–H groups in total. The van der Waals surface area contributed by atoms with Crippen LogP contribution in [-0.2, 0) is 14.2 Å². The molecule has 0 radical (unpaired) electrons. The van der Waals surface area contributed by atoms with E-state index in [0.717, 1.165) is 0 Å². The topological polar surface area (TPSA) is 132 Å². The molecule has 0 saturated heterocycles. The first-order valence-corrected chi connectivity index (χ1v) is 7.51. The summed E-state index contributed by atoms with van der Waals surface area (Å²) in [5.41, 5.74) is 0. The maximum atomic E-state index is 10.5. The van der Waals surface area contributed by atoms with Crippen molar-refractivity contribution >= 4 is 19.5 Å². The zero-order chi connectivity index (χ0) is 15.6. The summed E-state index contributed by atoms with van der Waals surface area (Å²) in [5, 5.41) is 16.8. The van der Waals surface area contributed by atoms with E-state index in [-0.39, 0.29) is 6.42 Å². The number of benzene rings is 1. The van der Waals surface area contributed by atoms with Gasteiger partial charge < -0.3 is 20.0 Å². The van der Waals surface area contributed by atoms with Gasteiger partial charge in [0.05, 0.1) is 12.1 Å². The van der Waals surface area contributed by atoms with Crippen LogP contribution in [0.1, 0.15) is 12.8 Å². The first-order valence-electron chi connectivity index (χ1n) is 5.71. The van der Waals surface area contributed by atoms with Gasteiger partial charge in [-0.3, -0.25) is 14.2 Å².